The van der Waals surface area contributed by atoms with Gasteiger partial charge in [0.2, 0.25) is 5.69 Å². The number of hydrogen-bond acceptors (Lipinski definition) is 1. The zero-order valence-corrected chi connectivity index (χ0v) is 14.9. The largest absolute Gasteiger partial charge is 0.253 e. The fourth-order valence-electron chi connectivity index (χ4n) is 3.40. The van der Waals surface area contributed by atoms with Crippen molar-refractivity contribution in [3.05, 3.63) is 83.5 Å². The molecule has 2 nitrogen and oxygen atoms in total. The van der Waals surface area contributed by atoms with Crippen LogP contribution in [0.1, 0.15) is 42.4 Å². The molecule has 0 amide bonds. The van der Waals surface area contributed by atoms with Crippen LogP contribution in [0.3, 0.4) is 0 Å². The summed E-state index contributed by atoms with van der Waals surface area (Å²) in [7, 11) is 0. The van der Waals surface area contributed by atoms with Crippen molar-refractivity contribution in [2.45, 2.75) is 40.2 Å². The van der Waals surface area contributed by atoms with E-state index in [4.69, 9.17) is 4.98 Å². The summed E-state index contributed by atoms with van der Waals surface area (Å²) < 4.78 is 2.30. The molecular weight excluding hydrogens is 292 g/mol. The third kappa shape index (κ3) is 2.96. The van der Waals surface area contributed by atoms with Crippen LogP contribution in [0.4, 0.5) is 0 Å². The van der Waals surface area contributed by atoms with Gasteiger partial charge in [-0.15, -0.1) is 0 Å². The van der Waals surface area contributed by atoms with Gasteiger partial charge in [-0.1, -0.05) is 20.1 Å². The maximum Gasteiger partial charge on any atom is 0.213 e. The van der Waals surface area contributed by atoms with E-state index in [9.17, 15) is 0 Å². The molecule has 0 aromatic carbocycles. The molecule has 24 heavy (non-hydrogen) atoms. The molecule has 0 unspecified atom stereocenters. The van der Waals surface area contributed by atoms with Gasteiger partial charge in [-0.25, -0.2) is 0 Å². The normalized spacial score (nSPS) is 15.9. The second-order valence-electron chi connectivity index (χ2n) is 6.51. The van der Waals surface area contributed by atoms with E-state index in [-0.39, 0.29) is 0 Å². The van der Waals surface area contributed by atoms with Crippen LogP contribution >= 0.6 is 0 Å². The molecule has 122 valence electrons. The van der Waals surface area contributed by atoms with Gasteiger partial charge in [-0.3, -0.25) is 4.98 Å². The molecule has 0 fully saturated rings. The number of rotatable bonds is 3. The van der Waals surface area contributed by atoms with Crippen LogP contribution in [0.5, 0.6) is 0 Å². The van der Waals surface area contributed by atoms with Crippen LogP contribution in [0.2, 0.25) is 0 Å². The molecule has 3 heterocycles. The van der Waals surface area contributed by atoms with Crippen molar-refractivity contribution in [1.82, 2.24) is 4.98 Å². The lowest BCUT2D eigenvalue weighted by atomic mass is 9.86. The molecule has 2 aromatic rings. The molecule has 3 rings (SSSR count). The molecule has 0 radical (unpaired) electrons. The molecule has 0 saturated carbocycles. The van der Waals surface area contributed by atoms with Crippen molar-refractivity contribution in [3.63, 3.8) is 0 Å². The second kappa shape index (κ2) is 6.56. The van der Waals surface area contributed by atoms with Crippen molar-refractivity contribution in [1.29, 1.82) is 0 Å². The minimum absolute atomic E-state index is 0.896. The minimum Gasteiger partial charge on any atom is -0.253 e. The number of fused-ring (bicyclic) bond motifs is 1. The maximum atomic E-state index is 4.82. The lowest BCUT2D eigenvalue weighted by Crippen LogP contribution is -2.41. The number of aryl methyl sites for hydroxylation is 3. The summed E-state index contributed by atoms with van der Waals surface area (Å²) in [6, 6.07) is 10.6. The molecule has 0 saturated heterocycles. The molecule has 0 N–H and O–H groups in total. The van der Waals surface area contributed by atoms with E-state index in [2.05, 4.69) is 68.1 Å². The predicted octanol–water partition coefficient (Wildman–Crippen LogP) is 4.82. The van der Waals surface area contributed by atoms with Crippen LogP contribution in [-0.2, 0) is 6.54 Å². The molecule has 1 aliphatic rings. The van der Waals surface area contributed by atoms with E-state index in [0.717, 1.165) is 41.9 Å². The maximum absolute atomic E-state index is 4.82. The van der Waals surface area contributed by atoms with E-state index >= 15 is 0 Å². The van der Waals surface area contributed by atoms with Gasteiger partial charge in [0.05, 0.1) is 11.3 Å². The van der Waals surface area contributed by atoms with Gasteiger partial charge in [-0.05, 0) is 55.2 Å². The van der Waals surface area contributed by atoms with Gasteiger partial charge in [0.15, 0.2) is 12.7 Å². The summed E-state index contributed by atoms with van der Waals surface area (Å²) in [4.78, 5) is 4.82. The van der Waals surface area contributed by atoms with Crippen molar-refractivity contribution >= 4 is 11.1 Å². The number of pyridine rings is 2. The lowest BCUT2D eigenvalue weighted by molar-refractivity contribution is -0.700. The molecule has 2 aromatic heterocycles. The van der Waals surface area contributed by atoms with Gasteiger partial charge in [0.25, 0.3) is 0 Å². The quantitative estimate of drug-likeness (QED) is 0.741. The van der Waals surface area contributed by atoms with Crippen LogP contribution in [0, 0.1) is 13.8 Å². The highest BCUT2D eigenvalue weighted by molar-refractivity contribution is 6.01. The first-order valence-electron chi connectivity index (χ1n) is 8.56. The first kappa shape index (κ1) is 16.4. The Balaban J connectivity index is 2.35. The fraction of sp³-hybridized carbons (Fsp3) is 0.273. The molecule has 0 atom stereocenters. The lowest BCUT2D eigenvalue weighted by Gasteiger charge is -2.21. The van der Waals surface area contributed by atoms with Gasteiger partial charge in [-0.2, -0.15) is 4.57 Å². The Labute approximate surface area is 144 Å². The van der Waals surface area contributed by atoms with E-state index in [1.807, 2.05) is 6.92 Å². The SMILES string of the molecule is C=C(CC)/C(=C1\C(=C)CC[n+]2ccccc21)c1cc(C)cc(C)n1. The zero-order chi connectivity index (χ0) is 17.3. The second-order valence-corrected chi connectivity index (χ2v) is 6.51. The highest BCUT2D eigenvalue weighted by atomic mass is 15.0. The molecule has 0 spiro atoms. The summed E-state index contributed by atoms with van der Waals surface area (Å²) in [6.45, 7) is 16.0. The first-order chi connectivity index (χ1) is 11.5. The predicted molar refractivity (Wildman–Crippen MR) is 100 cm³/mol. The fourth-order valence-corrected chi connectivity index (χ4v) is 3.40. The van der Waals surface area contributed by atoms with Gasteiger partial charge in [0.1, 0.15) is 0 Å². The topological polar surface area (TPSA) is 16.8 Å². The summed E-state index contributed by atoms with van der Waals surface area (Å²) >= 11 is 0. The Morgan fingerprint density at radius 3 is 2.75 bits per heavy atom. The number of aromatic nitrogens is 2. The average molecular weight is 317 g/mol. The summed E-state index contributed by atoms with van der Waals surface area (Å²) in [5.41, 5.74) is 9.11. The number of nitrogens with zero attached hydrogens (tertiary/aromatic N) is 2. The zero-order valence-electron chi connectivity index (χ0n) is 14.9. The Morgan fingerprint density at radius 2 is 2.04 bits per heavy atom. The van der Waals surface area contributed by atoms with Crippen molar-refractivity contribution < 1.29 is 4.57 Å². The van der Waals surface area contributed by atoms with Crippen LogP contribution in [0.25, 0.3) is 11.1 Å². The van der Waals surface area contributed by atoms with E-state index < -0.39 is 0 Å². The standard InChI is InChI=1S/C22H25N2/c1-6-16(3)21(19-14-15(2)13-18(5)23-19)22-17(4)10-12-24-11-8-7-9-20(22)24/h7-9,11,13-14H,3-4,6,10,12H2,1-2,5H3/q+1/b22-21-. The molecule has 0 bridgehead atoms. The third-order valence-corrected chi connectivity index (χ3v) is 4.59. The van der Waals surface area contributed by atoms with Crippen molar-refractivity contribution in [2.24, 2.45) is 0 Å². The Hall–Kier alpha value is -2.48. The van der Waals surface area contributed by atoms with Gasteiger partial charge < -0.3 is 0 Å². The first-order valence-corrected chi connectivity index (χ1v) is 8.56. The highest BCUT2D eigenvalue weighted by Crippen LogP contribution is 2.37. The molecular formula is C22H25N2+. The van der Waals surface area contributed by atoms with E-state index in [1.165, 1.54) is 22.4 Å². The Kier molecular flexibility index (Phi) is 4.48. The molecule has 1 aliphatic heterocycles. The summed E-state index contributed by atoms with van der Waals surface area (Å²) in [6.07, 6.45) is 4.00. The Bertz CT molecular complexity index is 836. The van der Waals surface area contributed by atoms with E-state index in [1.54, 1.807) is 0 Å². The molecule has 0 aliphatic carbocycles. The van der Waals surface area contributed by atoms with E-state index in [0.29, 0.717) is 0 Å². The average Bonchev–Trinajstić information content (AvgIpc) is 2.56. The number of allylic oxidation sites excluding steroid dienone is 4. The summed E-state index contributed by atoms with van der Waals surface area (Å²) in [5.74, 6) is 0. The Morgan fingerprint density at radius 1 is 1.25 bits per heavy atom. The van der Waals surface area contributed by atoms with Gasteiger partial charge >= 0.3 is 0 Å². The third-order valence-electron chi connectivity index (χ3n) is 4.59. The van der Waals surface area contributed by atoms with Gasteiger partial charge in [0, 0.05) is 29.8 Å². The van der Waals surface area contributed by atoms with Crippen molar-refractivity contribution in [3.8, 4) is 0 Å². The van der Waals surface area contributed by atoms with Crippen LogP contribution in [0.15, 0.2) is 60.8 Å². The molecule has 2 heteroatoms. The van der Waals surface area contributed by atoms with Crippen molar-refractivity contribution in [2.75, 3.05) is 0 Å². The smallest absolute Gasteiger partial charge is 0.213 e. The number of hydrogen-bond donors (Lipinski definition) is 0. The monoisotopic (exact) mass is 317 g/mol. The summed E-state index contributed by atoms with van der Waals surface area (Å²) in [5, 5.41) is 0. The van der Waals surface area contributed by atoms with Crippen LogP contribution in [-0.4, -0.2) is 4.98 Å². The highest BCUT2D eigenvalue weighted by Gasteiger charge is 2.28. The minimum atomic E-state index is 0.896. The van der Waals surface area contributed by atoms with Crippen LogP contribution < -0.4 is 4.57 Å².